The number of anilines is 1. The molecule has 3 aromatic carbocycles. The number of carbonyl (C=O) groups excluding carboxylic acids is 2. The van der Waals surface area contributed by atoms with Crippen LogP contribution in [0.15, 0.2) is 66.7 Å². The second-order valence-electron chi connectivity index (χ2n) is 13.5. The maximum atomic E-state index is 14.6. The Hall–Kier alpha value is -3.62. The number of aryl methyl sites for hydroxylation is 1. The summed E-state index contributed by atoms with van der Waals surface area (Å²) >= 11 is 1.68. The van der Waals surface area contributed by atoms with Gasteiger partial charge < -0.3 is 15.4 Å². The van der Waals surface area contributed by atoms with E-state index in [4.69, 9.17) is 10.5 Å². The molecule has 2 aliphatic heterocycles. The molecule has 6 aliphatic rings. The normalized spacial score (nSPS) is 30.5. The van der Waals surface area contributed by atoms with Gasteiger partial charge in [-0.1, -0.05) is 30.3 Å². The van der Waals surface area contributed by atoms with Gasteiger partial charge in [0.25, 0.3) is 0 Å². The number of carbonyl (C=O) groups is 2. The topological polar surface area (TPSA) is 85.5 Å². The van der Waals surface area contributed by atoms with E-state index in [2.05, 4.69) is 35.3 Å². The highest BCUT2D eigenvalue weighted by molar-refractivity contribution is 7.18. The number of aromatic nitrogens is 1. The average molecular weight is 596 g/mol. The summed E-state index contributed by atoms with van der Waals surface area (Å²) in [4.78, 5) is 32.4. The quantitative estimate of drug-likeness (QED) is 0.247. The van der Waals surface area contributed by atoms with Gasteiger partial charge in [0.15, 0.2) is 0 Å². The fourth-order valence-corrected chi connectivity index (χ4v) is 9.01. The smallest absolute Gasteiger partial charge is 0.248 e. The zero-order chi connectivity index (χ0) is 29.6. The molecule has 220 valence electrons. The molecule has 10 rings (SSSR count). The van der Waals surface area contributed by atoms with Gasteiger partial charge in [-0.25, -0.2) is 9.37 Å². The average Bonchev–Trinajstić information content (AvgIpc) is 3.38. The monoisotopic (exact) mass is 595 g/mol. The van der Waals surface area contributed by atoms with Crippen LogP contribution >= 0.6 is 11.3 Å². The van der Waals surface area contributed by atoms with E-state index in [1.807, 2.05) is 36.1 Å². The molecule has 0 spiro atoms. The van der Waals surface area contributed by atoms with E-state index in [1.165, 1.54) is 0 Å². The minimum absolute atomic E-state index is 0.0523. The predicted octanol–water partition coefficient (Wildman–Crippen LogP) is 7.08. The summed E-state index contributed by atoms with van der Waals surface area (Å²) in [5, 5.41) is 1.04. The number of nitrogens with zero attached hydrogens (tertiary/aromatic N) is 2. The molecular weight excluding hydrogens is 561 g/mol. The number of alkyl halides is 1. The number of fused-ring (bicyclic) bond motifs is 4. The molecule has 0 unspecified atom stereocenters. The van der Waals surface area contributed by atoms with Gasteiger partial charge in [0.05, 0.1) is 32.8 Å². The third-order valence-electron chi connectivity index (χ3n) is 10.6. The molecule has 2 N–H and O–H groups in total. The van der Waals surface area contributed by atoms with E-state index >= 15 is 0 Å². The molecule has 6 fully saturated rings. The fraction of sp³-hybridized carbons (Fsp3) is 0.400. The standard InChI is InChI=1S/C35H34FN3O3S/c1-22-38-28-10-7-25(16-29(28)43-22)24-3-2-4-27(15-24)39(31(41)33-17-34(36,18-33)19-33)20-32-11-13-35(14-12-32,42-21-32)26-8-5-23(6-9-26)30(37)40/h2-10,15-16H,11-14,17-21H2,1H3,(H2,37,40). The van der Waals surface area contributed by atoms with Crippen LogP contribution in [-0.4, -0.2) is 35.6 Å². The first-order chi connectivity index (χ1) is 20.6. The van der Waals surface area contributed by atoms with Crippen LogP contribution in [0.25, 0.3) is 21.3 Å². The number of hydrogen-bond donors (Lipinski definition) is 1. The molecule has 2 saturated heterocycles. The summed E-state index contributed by atoms with van der Waals surface area (Å²) < 4.78 is 22.4. The number of hydrogen-bond acceptors (Lipinski definition) is 5. The largest absolute Gasteiger partial charge is 0.370 e. The van der Waals surface area contributed by atoms with Crippen molar-refractivity contribution in [2.24, 2.45) is 16.6 Å². The predicted molar refractivity (Wildman–Crippen MR) is 166 cm³/mol. The Morgan fingerprint density at radius 1 is 0.977 bits per heavy atom. The Kier molecular flexibility index (Phi) is 5.76. The molecule has 43 heavy (non-hydrogen) atoms. The van der Waals surface area contributed by atoms with Crippen molar-refractivity contribution in [3.63, 3.8) is 0 Å². The lowest BCUT2D eigenvalue weighted by Gasteiger charge is -2.65. The van der Waals surface area contributed by atoms with Gasteiger partial charge in [-0.05, 0) is 105 Å². The third-order valence-corrected chi connectivity index (χ3v) is 11.5. The van der Waals surface area contributed by atoms with E-state index < -0.39 is 17.0 Å². The number of benzene rings is 3. The van der Waals surface area contributed by atoms with Crippen LogP contribution in [0.1, 0.15) is 65.9 Å². The molecule has 4 aromatic rings. The van der Waals surface area contributed by atoms with Gasteiger partial charge in [-0.3, -0.25) is 9.59 Å². The molecule has 4 saturated carbocycles. The van der Waals surface area contributed by atoms with E-state index in [9.17, 15) is 14.0 Å². The summed E-state index contributed by atoms with van der Waals surface area (Å²) in [5.74, 6) is -0.386. The molecule has 4 bridgehead atoms. The molecule has 6 nitrogen and oxygen atoms in total. The zero-order valence-corrected chi connectivity index (χ0v) is 25.0. The first kappa shape index (κ1) is 27.0. The minimum Gasteiger partial charge on any atom is -0.370 e. The van der Waals surface area contributed by atoms with E-state index in [0.717, 1.165) is 63.3 Å². The summed E-state index contributed by atoms with van der Waals surface area (Å²) in [7, 11) is 0. The van der Waals surface area contributed by atoms with Crippen LogP contribution < -0.4 is 10.6 Å². The van der Waals surface area contributed by atoms with E-state index in [0.29, 0.717) is 38.0 Å². The summed E-state index contributed by atoms with van der Waals surface area (Å²) in [6.07, 6.45) is 4.56. The maximum absolute atomic E-state index is 14.6. The molecule has 1 aromatic heterocycles. The van der Waals surface area contributed by atoms with Gasteiger partial charge in [0, 0.05) is 23.2 Å². The SMILES string of the molecule is Cc1nc2ccc(-c3cccc(N(CC45CCC(c6ccc(C(N)=O)cc6)(CC4)OC5)C(=O)C45CC(F)(C4)C5)c3)cc2s1. The van der Waals surface area contributed by atoms with Gasteiger partial charge in [0.2, 0.25) is 11.8 Å². The number of primary amides is 1. The molecule has 0 atom stereocenters. The third kappa shape index (κ3) is 4.25. The number of rotatable bonds is 7. The van der Waals surface area contributed by atoms with Crippen molar-refractivity contribution in [3.05, 3.63) is 82.9 Å². The van der Waals surface area contributed by atoms with Crippen LogP contribution in [0.5, 0.6) is 0 Å². The van der Waals surface area contributed by atoms with E-state index in [-0.39, 0.29) is 16.9 Å². The van der Waals surface area contributed by atoms with E-state index in [1.54, 1.807) is 23.5 Å². The molecule has 8 heteroatoms. The number of halogens is 1. The Morgan fingerprint density at radius 2 is 1.70 bits per heavy atom. The zero-order valence-electron chi connectivity index (χ0n) is 24.2. The molecule has 2 amide bonds. The van der Waals surface area contributed by atoms with Gasteiger partial charge in [0.1, 0.15) is 5.67 Å². The fourth-order valence-electron chi connectivity index (χ4n) is 8.14. The molecule has 0 radical (unpaired) electrons. The second kappa shape index (κ2) is 9.19. The van der Waals surface area contributed by atoms with Gasteiger partial charge in [-0.15, -0.1) is 11.3 Å². The Bertz CT molecular complexity index is 1750. The van der Waals surface area contributed by atoms with Crippen molar-refractivity contribution >= 4 is 39.1 Å². The van der Waals surface area contributed by atoms with Crippen molar-refractivity contribution in [1.29, 1.82) is 0 Å². The molecule has 3 heterocycles. The number of thiazole rings is 1. The van der Waals surface area contributed by atoms with Crippen molar-refractivity contribution in [3.8, 4) is 11.1 Å². The van der Waals surface area contributed by atoms with Gasteiger partial charge in [-0.2, -0.15) is 0 Å². The van der Waals surface area contributed by atoms with Gasteiger partial charge >= 0.3 is 0 Å². The van der Waals surface area contributed by atoms with Crippen molar-refractivity contribution in [2.75, 3.05) is 18.1 Å². The maximum Gasteiger partial charge on any atom is 0.248 e. The van der Waals surface area contributed by atoms with Crippen LogP contribution in [0.2, 0.25) is 0 Å². The lowest BCUT2D eigenvalue weighted by molar-refractivity contribution is -0.213. The van der Waals surface area contributed by atoms with Crippen LogP contribution in [0, 0.1) is 17.8 Å². The number of ether oxygens (including phenoxy) is 1. The lowest BCUT2D eigenvalue weighted by atomic mass is 9.41. The van der Waals surface area contributed by atoms with Crippen molar-refractivity contribution in [2.45, 2.75) is 63.1 Å². The lowest BCUT2D eigenvalue weighted by Crippen LogP contribution is -2.71. The molecule has 4 aliphatic carbocycles. The Balaban J connectivity index is 1.09. The molecular formula is C35H34FN3O3S. The summed E-state index contributed by atoms with van der Waals surface area (Å²) in [6.45, 7) is 3.12. The second-order valence-corrected chi connectivity index (χ2v) is 14.8. The number of amides is 2. The Morgan fingerprint density at radius 3 is 2.35 bits per heavy atom. The first-order valence-corrected chi connectivity index (χ1v) is 15.9. The van der Waals surface area contributed by atoms with Crippen LogP contribution in [-0.2, 0) is 15.1 Å². The van der Waals surface area contributed by atoms with Crippen LogP contribution in [0.3, 0.4) is 0 Å². The highest BCUT2D eigenvalue weighted by Gasteiger charge is 2.73. The highest BCUT2D eigenvalue weighted by Crippen LogP contribution is 2.70. The van der Waals surface area contributed by atoms with Crippen molar-refractivity contribution in [1.82, 2.24) is 4.98 Å². The summed E-state index contributed by atoms with van der Waals surface area (Å²) in [6, 6.07) is 22.0. The Labute approximate surface area is 254 Å². The van der Waals surface area contributed by atoms with Crippen LogP contribution in [0.4, 0.5) is 10.1 Å². The minimum atomic E-state index is -1.15. The summed E-state index contributed by atoms with van der Waals surface area (Å²) in [5.41, 5.74) is 8.72. The van der Waals surface area contributed by atoms with Crippen molar-refractivity contribution < 1.29 is 18.7 Å². The number of nitrogens with two attached hydrogens (primary N) is 1. The first-order valence-electron chi connectivity index (χ1n) is 15.1. The highest BCUT2D eigenvalue weighted by atomic mass is 32.1.